The van der Waals surface area contributed by atoms with Crippen LogP contribution in [0.25, 0.3) is 0 Å². The molecule has 0 radical (unpaired) electrons. The van der Waals surface area contributed by atoms with Crippen molar-refractivity contribution in [3.8, 4) is 0 Å². The van der Waals surface area contributed by atoms with E-state index >= 15 is 0 Å². The van der Waals surface area contributed by atoms with Crippen LogP contribution in [0.4, 0.5) is 4.39 Å². The lowest BCUT2D eigenvalue weighted by Gasteiger charge is -2.32. The molecule has 2 N–H and O–H groups in total. The van der Waals surface area contributed by atoms with Crippen LogP contribution in [0, 0.1) is 11.7 Å². The van der Waals surface area contributed by atoms with Crippen LogP contribution >= 0.6 is 0 Å². The van der Waals surface area contributed by atoms with Gasteiger partial charge in [0.1, 0.15) is 5.82 Å². The van der Waals surface area contributed by atoms with Gasteiger partial charge in [-0.25, -0.2) is 4.39 Å². The Balaban J connectivity index is 2.06. The molecular weight excluding hydrogens is 227 g/mol. The van der Waals surface area contributed by atoms with Crippen LogP contribution in [0.5, 0.6) is 0 Å². The maximum absolute atomic E-state index is 13.3. The summed E-state index contributed by atoms with van der Waals surface area (Å²) < 4.78 is 13.3. The van der Waals surface area contributed by atoms with E-state index in [2.05, 4.69) is 11.8 Å². The lowest BCUT2D eigenvalue weighted by molar-refractivity contribution is 0.164. The normalized spacial score (nSPS) is 21.2. The first-order chi connectivity index (χ1) is 8.72. The lowest BCUT2D eigenvalue weighted by Crippen LogP contribution is -2.35. The molecule has 1 saturated heterocycles. The first kappa shape index (κ1) is 13.5. The molecule has 18 heavy (non-hydrogen) atoms. The average Bonchev–Trinajstić information content (AvgIpc) is 2.39. The number of benzene rings is 1. The molecule has 100 valence electrons. The summed E-state index contributed by atoms with van der Waals surface area (Å²) in [4.78, 5) is 2.44. The Labute approximate surface area is 109 Å². The third-order valence-corrected chi connectivity index (χ3v) is 3.96. The average molecular weight is 250 g/mol. The number of nitrogens with two attached hydrogens (primary N) is 1. The molecule has 1 aliphatic rings. The standard InChI is InChI=1S/C15H23FN2/c1-2-12-4-3-7-18(10-12)11-14-8-15(16)6-5-13(14)9-17/h5-6,8,12H,2-4,7,9-11,17H2,1H3. The van der Waals surface area contributed by atoms with Gasteiger partial charge >= 0.3 is 0 Å². The van der Waals surface area contributed by atoms with Crippen LogP contribution in [0.3, 0.4) is 0 Å². The van der Waals surface area contributed by atoms with Crippen LogP contribution in [-0.2, 0) is 13.1 Å². The summed E-state index contributed by atoms with van der Waals surface area (Å²) in [6, 6.07) is 4.94. The van der Waals surface area contributed by atoms with Crippen LogP contribution < -0.4 is 5.73 Å². The summed E-state index contributed by atoms with van der Waals surface area (Å²) in [5.74, 6) is 0.639. The summed E-state index contributed by atoms with van der Waals surface area (Å²) in [5, 5.41) is 0. The molecule has 2 rings (SSSR count). The fourth-order valence-electron chi connectivity index (χ4n) is 2.81. The molecule has 1 heterocycles. The predicted molar refractivity (Wildman–Crippen MR) is 72.6 cm³/mol. The second-order valence-corrected chi connectivity index (χ2v) is 5.27. The van der Waals surface area contributed by atoms with Crippen LogP contribution in [0.1, 0.15) is 37.3 Å². The van der Waals surface area contributed by atoms with Crippen molar-refractivity contribution < 1.29 is 4.39 Å². The van der Waals surface area contributed by atoms with Crippen molar-refractivity contribution in [1.29, 1.82) is 0 Å². The highest BCUT2D eigenvalue weighted by Gasteiger charge is 2.19. The fraction of sp³-hybridized carbons (Fsp3) is 0.600. The van der Waals surface area contributed by atoms with Crippen molar-refractivity contribution >= 4 is 0 Å². The van der Waals surface area contributed by atoms with Crippen molar-refractivity contribution in [2.45, 2.75) is 39.3 Å². The van der Waals surface area contributed by atoms with Gasteiger partial charge in [-0.15, -0.1) is 0 Å². The van der Waals surface area contributed by atoms with E-state index in [1.165, 1.54) is 25.3 Å². The quantitative estimate of drug-likeness (QED) is 0.890. The predicted octanol–water partition coefficient (Wildman–Crippen LogP) is 2.91. The van der Waals surface area contributed by atoms with E-state index in [0.29, 0.717) is 6.54 Å². The highest BCUT2D eigenvalue weighted by atomic mass is 19.1. The monoisotopic (exact) mass is 250 g/mol. The summed E-state index contributed by atoms with van der Waals surface area (Å²) in [6.45, 7) is 5.83. The van der Waals surface area contributed by atoms with Crippen molar-refractivity contribution in [3.63, 3.8) is 0 Å². The minimum atomic E-state index is -0.161. The number of piperidine rings is 1. The fourth-order valence-corrected chi connectivity index (χ4v) is 2.81. The maximum Gasteiger partial charge on any atom is 0.123 e. The molecular formula is C15H23FN2. The molecule has 0 bridgehead atoms. The molecule has 1 aromatic rings. The van der Waals surface area contributed by atoms with E-state index in [9.17, 15) is 4.39 Å². The lowest BCUT2D eigenvalue weighted by atomic mass is 9.95. The second kappa shape index (κ2) is 6.30. The van der Waals surface area contributed by atoms with Crippen LogP contribution in [0.2, 0.25) is 0 Å². The summed E-state index contributed by atoms with van der Waals surface area (Å²) in [7, 11) is 0. The van der Waals surface area contributed by atoms with Crippen molar-refractivity contribution in [1.82, 2.24) is 4.90 Å². The SMILES string of the molecule is CCC1CCCN(Cc2cc(F)ccc2CN)C1. The number of likely N-dealkylation sites (tertiary alicyclic amines) is 1. The zero-order valence-electron chi connectivity index (χ0n) is 11.2. The Kier molecular flexibility index (Phi) is 4.72. The van der Waals surface area contributed by atoms with Crippen LogP contribution in [0.15, 0.2) is 18.2 Å². The van der Waals surface area contributed by atoms with E-state index < -0.39 is 0 Å². The first-order valence-corrected chi connectivity index (χ1v) is 6.92. The maximum atomic E-state index is 13.3. The number of hydrogen-bond acceptors (Lipinski definition) is 2. The van der Waals surface area contributed by atoms with Gasteiger partial charge in [0.25, 0.3) is 0 Å². The van der Waals surface area contributed by atoms with Crippen molar-refractivity contribution in [2.24, 2.45) is 11.7 Å². The Morgan fingerprint density at radius 3 is 2.94 bits per heavy atom. The Hall–Kier alpha value is -0.930. The Morgan fingerprint density at radius 2 is 2.22 bits per heavy atom. The van der Waals surface area contributed by atoms with Crippen molar-refractivity contribution in [3.05, 3.63) is 35.1 Å². The molecule has 0 spiro atoms. The van der Waals surface area contributed by atoms with Gasteiger partial charge in [-0.3, -0.25) is 4.90 Å². The second-order valence-electron chi connectivity index (χ2n) is 5.27. The van der Waals surface area contributed by atoms with E-state index in [1.54, 1.807) is 6.07 Å². The van der Waals surface area contributed by atoms with E-state index in [4.69, 9.17) is 5.73 Å². The van der Waals surface area contributed by atoms with Crippen molar-refractivity contribution in [2.75, 3.05) is 13.1 Å². The third-order valence-electron chi connectivity index (χ3n) is 3.96. The summed E-state index contributed by atoms with van der Waals surface area (Å²) in [5.41, 5.74) is 7.83. The van der Waals surface area contributed by atoms with Gasteiger partial charge in [-0.05, 0) is 48.6 Å². The largest absolute Gasteiger partial charge is 0.326 e. The molecule has 1 unspecified atom stereocenters. The van der Waals surface area contributed by atoms with Gasteiger partial charge in [0.05, 0.1) is 0 Å². The van der Waals surface area contributed by atoms with Gasteiger partial charge in [-0.1, -0.05) is 19.4 Å². The molecule has 0 aliphatic carbocycles. The summed E-state index contributed by atoms with van der Waals surface area (Å²) in [6.07, 6.45) is 3.83. The van der Waals surface area contributed by atoms with E-state index in [1.807, 2.05) is 6.07 Å². The van der Waals surface area contributed by atoms with Gasteiger partial charge in [-0.2, -0.15) is 0 Å². The minimum Gasteiger partial charge on any atom is -0.326 e. The highest BCUT2D eigenvalue weighted by molar-refractivity contribution is 5.27. The zero-order valence-corrected chi connectivity index (χ0v) is 11.2. The topological polar surface area (TPSA) is 29.3 Å². The molecule has 2 nitrogen and oxygen atoms in total. The number of hydrogen-bond donors (Lipinski definition) is 1. The Morgan fingerprint density at radius 1 is 1.39 bits per heavy atom. The summed E-state index contributed by atoms with van der Waals surface area (Å²) >= 11 is 0. The van der Waals surface area contributed by atoms with Gasteiger partial charge in [0.15, 0.2) is 0 Å². The Bertz CT molecular complexity index is 392. The van der Waals surface area contributed by atoms with Gasteiger partial charge < -0.3 is 5.73 Å². The smallest absolute Gasteiger partial charge is 0.123 e. The van der Waals surface area contributed by atoms with Gasteiger partial charge in [0, 0.05) is 19.6 Å². The minimum absolute atomic E-state index is 0.161. The number of nitrogens with zero attached hydrogens (tertiary/aromatic N) is 1. The molecule has 1 aliphatic heterocycles. The van der Waals surface area contributed by atoms with Crippen LogP contribution in [-0.4, -0.2) is 18.0 Å². The molecule has 1 aromatic carbocycles. The third kappa shape index (κ3) is 3.30. The molecule has 0 aromatic heterocycles. The highest BCUT2D eigenvalue weighted by Crippen LogP contribution is 2.22. The number of rotatable bonds is 4. The molecule has 1 atom stereocenters. The molecule has 0 amide bonds. The zero-order chi connectivity index (χ0) is 13.0. The van der Waals surface area contributed by atoms with E-state index in [0.717, 1.165) is 36.7 Å². The first-order valence-electron chi connectivity index (χ1n) is 6.92. The van der Waals surface area contributed by atoms with E-state index in [-0.39, 0.29) is 5.82 Å². The number of halogens is 1. The van der Waals surface area contributed by atoms with Gasteiger partial charge in [0.2, 0.25) is 0 Å². The molecule has 3 heteroatoms. The molecule has 1 fully saturated rings. The molecule has 0 saturated carbocycles.